The number of rotatable bonds is 8. The highest BCUT2D eigenvalue weighted by molar-refractivity contribution is 7.91. The van der Waals surface area contributed by atoms with Crippen molar-refractivity contribution in [3.63, 3.8) is 0 Å². The van der Waals surface area contributed by atoms with E-state index in [1.165, 1.54) is 25.4 Å². The molecule has 0 radical (unpaired) electrons. The van der Waals surface area contributed by atoms with Crippen molar-refractivity contribution in [3.8, 4) is 5.69 Å². The van der Waals surface area contributed by atoms with Crippen LogP contribution in [0.4, 0.5) is 8.78 Å². The van der Waals surface area contributed by atoms with Gasteiger partial charge in [-0.3, -0.25) is 10.3 Å². The van der Waals surface area contributed by atoms with Crippen LogP contribution in [0.15, 0.2) is 70.9 Å². The van der Waals surface area contributed by atoms with Crippen LogP contribution in [-0.2, 0) is 24.2 Å². The number of hydrogen-bond donors (Lipinski definition) is 2. The quantitative estimate of drug-likeness (QED) is 0.282. The molecular formula is C20H16F2N4O6S. The molecule has 0 bridgehead atoms. The molecule has 3 rings (SSSR count). The highest BCUT2D eigenvalue weighted by Crippen LogP contribution is 2.28. The minimum Gasteiger partial charge on any atom is -0.478 e. The first-order valence-electron chi connectivity index (χ1n) is 9.13. The third kappa shape index (κ3) is 5.27. The van der Waals surface area contributed by atoms with Gasteiger partial charge in [0, 0.05) is 36.7 Å². The zero-order valence-corrected chi connectivity index (χ0v) is 17.7. The molecule has 3 aromatic rings. The number of carboxylic acid groups (broad SMARTS) is 1. The largest absolute Gasteiger partial charge is 0.478 e. The highest BCUT2D eigenvalue weighted by atomic mass is 32.2. The molecule has 2 N–H and O–H groups in total. The number of aliphatic carboxylic acids is 1. The second-order valence-electron chi connectivity index (χ2n) is 6.38. The van der Waals surface area contributed by atoms with E-state index >= 15 is 0 Å². The molecule has 0 aliphatic rings. The van der Waals surface area contributed by atoms with E-state index in [0.717, 1.165) is 30.5 Å². The van der Waals surface area contributed by atoms with Gasteiger partial charge in [0.05, 0.1) is 4.90 Å². The van der Waals surface area contributed by atoms with Crippen molar-refractivity contribution in [2.45, 2.75) is 16.1 Å². The van der Waals surface area contributed by atoms with E-state index in [9.17, 15) is 26.8 Å². The number of esters is 1. The van der Waals surface area contributed by atoms with Crippen molar-refractivity contribution in [1.82, 2.24) is 20.1 Å². The van der Waals surface area contributed by atoms with E-state index in [2.05, 4.69) is 15.4 Å². The Morgan fingerprint density at radius 3 is 2.61 bits per heavy atom. The van der Waals surface area contributed by atoms with Crippen molar-refractivity contribution in [3.05, 3.63) is 78.3 Å². The second-order valence-corrected chi connectivity index (χ2v) is 8.28. The number of ether oxygens (including phenoxy) is 1. The molecule has 1 atom stereocenters. The maximum Gasteiger partial charge on any atom is 0.332 e. The van der Waals surface area contributed by atoms with Crippen LogP contribution in [0.3, 0.4) is 0 Å². The van der Waals surface area contributed by atoms with E-state index in [1.54, 1.807) is 0 Å². The first-order chi connectivity index (χ1) is 15.6. The highest BCUT2D eigenvalue weighted by Gasteiger charge is 2.29. The molecule has 0 spiro atoms. The molecule has 0 aliphatic carbocycles. The number of nitrogens with one attached hydrogen (secondary N) is 1. The second kappa shape index (κ2) is 9.67. The van der Waals surface area contributed by atoms with Gasteiger partial charge >= 0.3 is 11.9 Å². The summed E-state index contributed by atoms with van der Waals surface area (Å²) in [5.74, 6) is -4.26. The lowest BCUT2D eigenvalue weighted by Gasteiger charge is -2.13. The van der Waals surface area contributed by atoms with Crippen LogP contribution in [0.1, 0.15) is 11.9 Å². The Balaban J connectivity index is 2.15. The van der Waals surface area contributed by atoms with Crippen LogP contribution < -0.4 is 5.32 Å². The molecule has 10 nitrogen and oxygen atoms in total. The summed E-state index contributed by atoms with van der Waals surface area (Å²) < 4.78 is 60.5. The molecule has 2 aromatic heterocycles. The minimum atomic E-state index is -4.33. The fourth-order valence-electron chi connectivity index (χ4n) is 2.71. The summed E-state index contributed by atoms with van der Waals surface area (Å²) in [5.41, 5.74) is -0.684. The molecule has 0 amide bonds. The van der Waals surface area contributed by atoms with Gasteiger partial charge in [0.25, 0.3) is 0 Å². The summed E-state index contributed by atoms with van der Waals surface area (Å²) in [6.07, 6.45) is 2.27. The molecule has 0 saturated heterocycles. The first-order valence-corrected chi connectivity index (χ1v) is 10.6. The third-order valence-corrected chi connectivity index (χ3v) is 5.88. The number of sulfone groups is 1. The molecule has 0 fully saturated rings. The van der Waals surface area contributed by atoms with Gasteiger partial charge in [0.15, 0.2) is 11.3 Å². The Labute approximate surface area is 186 Å². The van der Waals surface area contributed by atoms with Gasteiger partial charge in [-0.15, -0.1) is 0 Å². The summed E-state index contributed by atoms with van der Waals surface area (Å²) in [7, 11) is -2.97. The predicted octanol–water partition coefficient (Wildman–Crippen LogP) is 1.78. The number of carboxylic acids is 1. The van der Waals surface area contributed by atoms with Gasteiger partial charge in [-0.1, -0.05) is 0 Å². The van der Waals surface area contributed by atoms with E-state index in [-0.39, 0.29) is 10.6 Å². The summed E-state index contributed by atoms with van der Waals surface area (Å²) in [4.78, 5) is 26.0. The lowest BCUT2D eigenvalue weighted by Crippen LogP contribution is -2.23. The van der Waals surface area contributed by atoms with E-state index in [0.29, 0.717) is 16.8 Å². The molecule has 1 unspecified atom stereocenters. The smallest absolute Gasteiger partial charge is 0.332 e. The molecular weight excluding hydrogens is 462 g/mol. The van der Waals surface area contributed by atoms with Gasteiger partial charge in [-0.25, -0.2) is 31.5 Å². The monoisotopic (exact) mass is 478 g/mol. The zero-order chi connectivity index (χ0) is 24.2. The normalized spacial score (nSPS) is 12.6. The van der Waals surface area contributed by atoms with Gasteiger partial charge in [0.2, 0.25) is 9.84 Å². The summed E-state index contributed by atoms with van der Waals surface area (Å²) >= 11 is 0. The van der Waals surface area contributed by atoms with Crippen LogP contribution in [0.2, 0.25) is 0 Å². The molecule has 0 aliphatic heterocycles. The Hall–Kier alpha value is -3.97. The maximum absolute atomic E-state index is 14.5. The number of pyridine rings is 1. The van der Waals surface area contributed by atoms with Crippen LogP contribution in [0, 0.1) is 11.6 Å². The lowest BCUT2D eigenvalue weighted by atomic mass is 10.3. The molecule has 1 aromatic carbocycles. The molecule has 172 valence electrons. The summed E-state index contributed by atoms with van der Waals surface area (Å²) in [6.45, 7) is 0. The Morgan fingerprint density at radius 1 is 1.21 bits per heavy atom. The SMILES string of the molecule is CNC(OC(=O)/C=C/C(=O)O)c1cc(S(=O)(=O)c2cccnc2)n(-c2cc(F)ccc2F)n1. The molecule has 13 heteroatoms. The maximum atomic E-state index is 14.5. The number of hydrogen-bond acceptors (Lipinski definition) is 8. The first kappa shape index (κ1) is 23.7. The average Bonchev–Trinajstić information content (AvgIpc) is 3.24. The van der Waals surface area contributed by atoms with E-state index < -0.39 is 50.4 Å². The van der Waals surface area contributed by atoms with Crippen molar-refractivity contribution in [1.29, 1.82) is 0 Å². The topological polar surface area (TPSA) is 140 Å². The summed E-state index contributed by atoms with van der Waals surface area (Å²) in [5, 5.41) is 14.7. The van der Waals surface area contributed by atoms with Crippen LogP contribution in [0.5, 0.6) is 0 Å². The van der Waals surface area contributed by atoms with Gasteiger partial charge < -0.3 is 9.84 Å². The van der Waals surface area contributed by atoms with Crippen molar-refractivity contribution in [2.75, 3.05) is 7.05 Å². The number of carbonyl (C=O) groups excluding carboxylic acids is 1. The van der Waals surface area contributed by atoms with E-state index in [1.807, 2.05) is 0 Å². The van der Waals surface area contributed by atoms with Gasteiger partial charge in [-0.05, 0) is 31.3 Å². The zero-order valence-electron chi connectivity index (χ0n) is 16.8. The number of aromatic nitrogens is 3. The van der Waals surface area contributed by atoms with E-state index in [4.69, 9.17) is 9.84 Å². The lowest BCUT2D eigenvalue weighted by molar-refractivity contribution is -0.145. The number of nitrogens with zero attached hydrogens (tertiary/aromatic N) is 3. The Bertz CT molecular complexity index is 1330. The van der Waals surface area contributed by atoms with Crippen molar-refractivity contribution < 1.29 is 36.6 Å². The van der Waals surface area contributed by atoms with Crippen LogP contribution >= 0.6 is 0 Å². The van der Waals surface area contributed by atoms with Gasteiger partial charge in [0.1, 0.15) is 23.0 Å². The van der Waals surface area contributed by atoms with Crippen molar-refractivity contribution >= 4 is 21.8 Å². The summed E-state index contributed by atoms with van der Waals surface area (Å²) in [6, 6.07) is 6.06. The average molecular weight is 478 g/mol. The fraction of sp³-hybridized carbons (Fsp3) is 0.100. The molecule has 33 heavy (non-hydrogen) atoms. The minimum absolute atomic E-state index is 0.180. The standard InChI is InChI=1S/C20H16F2N4O6S/c1-23-20(32-19(29)7-6-18(27)28)15-10-17(33(30,31)13-3-2-8-24-11-13)26(25-15)16-9-12(21)4-5-14(16)22/h2-11,20,23H,1H3,(H,27,28)/b7-6+. The van der Waals surface area contributed by atoms with Gasteiger partial charge in [-0.2, -0.15) is 5.10 Å². The van der Waals surface area contributed by atoms with Crippen molar-refractivity contribution in [2.24, 2.45) is 0 Å². The molecule has 2 heterocycles. The van der Waals surface area contributed by atoms with Crippen LogP contribution in [0.25, 0.3) is 5.69 Å². The van der Waals surface area contributed by atoms with Crippen LogP contribution in [-0.4, -0.2) is 47.3 Å². The molecule has 0 saturated carbocycles. The third-order valence-electron chi connectivity index (χ3n) is 4.18. The Morgan fingerprint density at radius 2 is 1.97 bits per heavy atom. The number of carbonyl (C=O) groups is 2. The fourth-order valence-corrected chi connectivity index (χ4v) is 4.05. The Kier molecular flexibility index (Phi) is 6.94. The number of halogens is 2. The predicted molar refractivity (Wildman–Crippen MR) is 108 cm³/mol. The number of benzene rings is 1.